The maximum Gasteiger partial charge on any atom is 0.254 e. The smallest absolute Gasteiger partial charge is 0.254 e. The lowest BCUT2D eigenvalue weighted by Crippen LogP contribution is -2.49. The summed E-state index contributed by atoms with van der Waals surface area (Å²) in [6, 6.07) is 9.95. The third-order valence-electron chi connectivity index (χ3n) is 4.69. The minimum absolute atomic E-state index is 0.129. The summed E-state index contributed by atoms with van der Waals surface area (Å²) in [7, 11) is 1.52. The summed E-state index contributed by atoms with van der Waals surface area (Å²) in [5, 5.41) is 0.348. The van der Waals surface area contributed by atoms with Crippen LogP contribution >= 0.6 is 11.6 Å². The maximum atomic E-state index is 14.0. The fraction of sp³-hybridized carbons (Fsp3) is 0.381. The minimum Gasteiger partial charge on any atom is -0.493 e. The molecular weight excluding hydrogens is 383 g/mol. The van der Waals surface area contributed by atoms with Gasteiger partial charge in [0, 0.05) is 31.7 Å². The van der Waals surface area contributed by atoms with Gasteiger partial charge in [0.1, 0.15) is 5.82 Å². The molecule has 1 aliphatic rings. The number of hydrogen-bond acceptors (Lipinski definition) is 4. The molecule has 2 aromatic rings. The van der Waals surface area contributed by atoms with Crippen LogP contribution in [0.1, 0.15) is 23.7 Å². The fourth-order valence-corrected chi connectivity index (χ4v) is 3.49. The molecule has 0 aliphatic carbocycles. The van der Waals surface area contributed by atoms with Crippen LogP contribution in [0.2, 0.25) is 5.02 Å². The van der Waals surface area contributed by atoms with Gasteiger partial charge in [0.05, 0.1) is 24.4 Å². The Morgan fingerprint density at radius 2 is 1.89 bits per heavy atom. The molecule has 1 heterocycles. The predicted molar refractivity (Wildman–Crippen MR) is 108 cm³/mol. The van der Waals surface area contributed by atoms with E-state index in [9.17, 15) is 9.18 Å². The lowest BCUT2D eigenvalue weighted by molar-refractivity contribution is 0.0746. The highest BCUT2D eigenvalue weighted by molar-refractivity contribution is 6.32. The average molecular weight is 407 g/mol. The van der Waals surface area contributed by atoms with Gasteiger partial charge < -0.3 is 19.3 Å². The first-order valence-corrected chi connectivity index (χ1v) is 9.72. The normalized spacial score (nSPS) is 14.1. The van der Waals surface area contributed by atoms with E-state index in [1.807, 2.05) is 17.9 Å². The van der Waals surface area contributed by atoms with E-state index in [2.05, 4.69) is 0 Å². The van der Waals surface area contributed by atoms with Gasteiger partial charge in [0.25, 0.3) is 5.91 Å². The zero-order valence-electron chi connectivity index (χ0n) is 16.1. The van der Waals surface area contributed by atoms with E-state index >= 15 is 0 Å². The Morgan fingerprint density at radius 3 is 2.54 bits per heavy atom. The van der Waals surface area contributed by atoms with Gasteiger partial charge in [-0.3, -0.25) is 4.79 Å². The number of ether oxygens (including phenoxy) is 2. The van der Waals surface area contributed by atoms with Gasteiger partial charge in [0.2, 0.25) is 0 Å². The van der Waals surface area contributed by atoms with Crippen LogP contribution in [0.15, 0.2) is 36.4 Å². The number of benzene rings is 2. The lowest BCUT2D eigenvalue weighted by Gasteiger charge is -2.36. The number of carbonyl (C=O) groups excluding carboxylic acids is 1. The van der Waals surface area contributed by atoms with E-state index in [1.54, 1.807) is 29.2 Å². The molecule has 7 heteroatoms. The molecule has 0 aromatic heterocycles. The Balaban J connectivity index is 1.71. The standard InChI is InChI=1S/C21H24ClFN2O3/c1-3-12-28-20-16(22)13-15(14-19(20)27-2)21(26)25-10-8-24(9-11-25)18-7-5-4-6-17(18)23/h4-7,13-14H,3,8-12H2,1-2H3. The second-order valence-electron chi connectivity index (χ2n) is 6.57. The Kier molecular flexibility index (Phi) is 6.62. The molecule has 1 amide bonds. The Bertz CT molecular complexity index is 838. The molecule has 1 aliphatic heterocycles. The molecule has 150 valence electrons. The maximum absolute atomic E-state index is 14.0. The summed E-state index contributed by atoms with van der Waals surface area (Å²) >= 11 is 6.33. The van der Waals surface area contributed by atoms with E-state index in [-0.39, 0.29) is 11.7 Å². The highest BCUT2D eigenvalue weighted by Gasteiger charge is 2.25. The van der Waals surface area contributed by atoms with Crippen molar-refractivity contribution in [1.82, 2.24) is 4.90 Å². The molecule has 0 bridgehead atoms. The molecule has 0 atom stereocenters. The van der Waals surface area contributed by atoms with Crippen LogP contribution in [0.25, 0.3) is 0 Å². The number of methoxy groups -OCH3 is 1. The molecule has 0 saturated carbocycles. The summed E-state index contributed by atoms with van der Waals surface area (Å²) < 4.78 is 25.0. The second kappa shape index (κ2) is 9.15. The first-order chi connectivity index (χ1) is 13.5. The predicted octanol–water partition coefficient (Wildman–Crippen LogP) is 4.24. The molecule has 5 nitrogen and oxygen atoms in total. The quantitative estimate of drug-likeness (QED) is 0.719. The summed E-state index contributed by atoms with van der Waals surface area (Å²) in [6.07, 6.45) is 0.840. The topological polar surface area (TPSA) is 42.0 Å². The van der Waals surface area contributed by atoms with Crippen molar-refractivity contribution in [2.75, 3.05) is 44.8 Å². The fourth-order valence-electron chi connectivity index (χ4n) is 3.23. The molecule has 3 rings (SSSR count). The molecular formula is C21H24ClFN2O3. The number of nitrogens with zero attached hydrogens (tertiary/aromatic N) is 2. The number of piperazine rings is 1. The van der Waals surface area contributed by atoms with E-state index in [1.165, 1.54) is 13.2 Å². The zero-order chi connectivity index (χ0) is 20.1. The third-order valence-corrected chi connectivity index (χ3v) is 4.97. The minimum atomic E-state index is -0.249. The number of hydrogen-bond donors (Lipinski definition) is 0. The molecule has 1 fully saturated rings. The van der Waals surface area contributed by atoms with E-state index < -0.39 is 0 Å². The van der Waals surface area contributed by atoms with Crippen molar-refractivity contribution in [3.8, 4) is 11.5 Å². The van der Waals surface area contributed by atoms with Gasteiger partial charge in [-0.15, -0.1) is 0 Å². The van der Waals surface area contributed by atoms with Crippen LogP contribution < -0.4 is 14.4 Å². The number of halogens is 2. The van der Waals surface area contributed by atoms with Crippen molar-refractivity contribution in [3.05, 3.63) is 52.8 Å². The van der Waals surface area contributed by atoms with E-state index in [0.717, 1.165) is 6.42 Å². The largest absolute Gasteiger partial charge is 0.493 e. The van der Waals surface area contributed by atoms with Gasteiger partial charge in [-0.1, -0.05) is 30.7 Å². The van der Waals surface area contributed by atoms with Crippen LogP contribution in [0.3, 0.4) is 0 Å². The Morgan fingerprint density at radius 1 is 1.18 bits per heavy atom. The SMILES string of the molecule is CCCOc1c(Cl)cc(C(=O)N2CCN(c3ccccc3F)CC2)cc1OC. The molecule has 1 saturated heterocycles. The molecule has 0 radical (unpaired) electrons. The van der Waals surface area contributed by atoms with Crippen molar-refractivity contribution in [2.45, 2.75) is 13.3 Å². The number of amides is 1. The molecule has 2 aromatic carbocycles. The van der Waals surface area contributed by atoms with Crippen LogP contribution in [-0.2, 0) is 0 Å². The zero-order valence-corrected chi connectivity index (χ0v) is 16.8. The first kappa shape index (κ1) is 20.3. The van der Waals surface area contributed by atoms with Crippen LogP contribution in [-0.4, -0.2) is 50.7 Å². The summed E-state index contributed by atoms with van der Waals surface area (Å²) in [5.74, 6) is 0.512. The number of carbonyl (C=O) groups is 1. The second-order valence-corrected chi connectivity index (χ2v) is 6.98. The summed E-state index contributed by atoms with van der Waals surface area (Å²) in [5.41, 5.74) is 1.02. The lowest BCUT2D eigenvalue weighted by atomic mass is 10.1. The summed E-state index contributed by atoms with van der Waals surface area (Å²) in [6.45, 7) is 4.65. The van der Waals surface area contributed by atoms with Crippen molar-refractivity contribution in [1.29, 1.82) is 0 Å². The van der Waals surface area contributed by atoms with Crippen molar-refractivity contribution < 1.29 is 18.7 Å². The summed E-state index contributed by atoms with van der Waals surface area (Å²) in [4.78, 5) is 16.6. The number of anilines is 1. The van der Waals surface area contributed by atoms with Crippen LogP contribution in [0, 0.1) is 5.82 Å². The van der Waals surface area contributed by atoms with Crippen LogP contribution in [0.4, 0.5) is 10.1 Å². The molecule has 0 N–H and O–H groups in total. The van der Waals surface area contributed by atoms with Gasteiger partial charge in [-0.25, -0.2) is 4.39 Å². The van der Waals surface area contributed by atoms with Crippen molar-refractivity contribution in [3.63, 3.8) is 0 Å². The third kappa shape index (κ3) is 4.33. The van der Waals surface area contributed by atoms with Gasteiger partial charge in [0.15, 0.2) is 11.5 Å². The van der Waals surface area contributed by atoms with E-state index in [0.29, 0.717) is 60.6 Å². The van der Waals surface area contributed by atoms with Crippen LogP contribution in [0.5, 0.6) is 11.5 Å². The van der Waals surface area contributed by atoms with Crippen molar-refractivity contribution in [2.24, 2.45) is 0 Å². The highest BCUT2D eigenvalue weighted by atomic mass is 35.5. The van der Waals surface area contributed by atoms with Gasteiger partial charge in [-0.05, 0) is 30.7 Å². The number of para-hydroxylation sites is 1. The Hall–Kier alpha value is -2.47. The van der Waals surface area contributed by atoms with Crippen molar-refractivity contribution >= 4 is 23.2 Å². The highest BCUT2D eigenvalue weighted by Crippen LogP contribution is 2.37. The van der Waals surface area contributed by atoms with Gasteiger partial charge in [-0.2, -0.15) is 0 Å². The van der Waals surface area contributed by atoms with Gasteiger partial charge >= 0.3 is 0 Å². The average Bonchev–Trinajstić information content (AvgIpc) is 2.72. The molecule has 0 spiro atoms. The molecule has 0 unspecified atom stereocenters. The van der Waals surface area contributed by atoms with E-state index in [4.69, 9.17) is 21.1 Å². The monoisotopic (exact) mass is 406 g/mol. The number of rotatable bonds is 6. The first-order valence-electron chi connectivity index (χ1n) is 9.34. The molecule has 28 heavy (non-hydrogen) atoms. The Labute approximate surface area is 169 Å².